The van der Waals surface area contributed by atoms with Gasteiger partial charge in [-0.15, -0.1) is 0 Å². The lowest BCUT2D eigenvalue weighted by Gasteiger charge is -2.36. The van der Waals surface area contributed by atoms with Crippen LogP contribution in [-0.4, -0.2) is 27.9 Å². The molecule has 0 amide bonds. The van der Waals surface area contributed by atoms with Gasteiger partial charge in [0.2, 0.25) is 0 Å². The third-order valence-corrected chi connectivity index (χ3v) is 5.84. The molecule has 1 heterocycles. The molecule has 1 fully saturated rings. The highest BCUT2D eigenvalue weighted by Gasteiger charge is 2.22. The predicted octanol–water partition coefficient (Wildman–Crippen LogP) is 2.09. The van der Waals surface area contributed by atoms with Crippen molar-refractivity contribution in [3.63, 3.8) is 0 Å². The molecule has 3 heteroatoms. The Kier molecular flexibility index (Phi) is 3.22. The van der Waals surface area contributed by atoms with Gasteiger partial charge in [0.25, 0.3) is 0 Å². The van der Waals surface area contributed by atoms with Crippen molar-refractivity contribution in [2.75, 3.05) is 19.3 Å². The van der Waals surface area contributed by atoms with Gasteiger partial charge in [0.15, 0.2) is 0 Å². The average molecular weight is 225 g/mol. The molecule has 0 spiro atoms. The van der Waals surface area contributed by atoms with E-state index in [1.807, 2.05) is 36.6 Å². The number of benzene rings is 1. The van der Waals surface area contributed by atoms with Gasteiger partial charge in [-0.2, -0.15) is 0 Å². The van der Waals surface area contributed by atoms with Crippen LogP contribution in [0.4, 0.5) is 0 Å². The van der Waals surface area contributed by atoms with Crippen LogP contribution in [0.2, 0.25) is 0 Å². The molecule has 0 N–H and O–H groups in total. The lowest BCUT2D eigenvalue weighted by molar-refractivity contribution is 0.360. The van der Waals surface area contributed by atoms with E-state index in [9.17, 15) is 4.21 Å². The van der Waals surface area contributed by atoms with E-state index >= 15 is 0 Å². The van der Waals surface area contributed by atoms with Crippen LogP contribution in [0.5, 0.6) is 0 Å². The smallest absolute Gasteiger partial charge is 0.0270 e. The number of thiol groups is 1. The van der Waals surface area contributed by atoms with Crippen LogP contribution < -0.4 is 0 Å². The van der Waals surface area contributed by atoms with E-state index in [-0.39, 0.29) is 0 Å². The van der Waals surface area contributed by atoms with Crippen LogP contribution in [0.3, 0.4) is 0 Å². The molecule has 0 saturated carbocycles. The fraction of sp³-hybridized carbons (Fsp3) is 0.500. The molecule has 0 radical (unpaired) electrons. The van der Waals surface area contributed by atoms with Crippen LogP contribution in [0.15, 0.2) is 35.2 Å². The van der Waals surface area contributed by atoms with Crippen LogP contribution >= 0.6 is 0 Å². The minimum absolute atomic E-state index is 0.989. The Morgan fingerprint density at radius 2 is 1.67 bits per heavy atom. The average Bonchev–Trinajstić information content (AvgIpc) is 2.31. The van der Waals surface area contributed by atoms with E-state index in [1.54, 1.807) is 0 Å². The van der Waals surface area contributed by atoms with Crippen molar-refractivity contribution in [3.05, 3.63) is 30.3 Å². The van der Waals surface area contributed by atoms with Crippen molar-refractivity contribution < 1.29 is 4.21 Å². The first-order valence-electron chi connectivity index (χ1n) is 5.60. The van der Waals surface area contributed by atoms with Gasteiger partial charge in [0.05, 0.1) is 0 Å². The van der Waals surface area contributed by atoms with E-state index in [0.717, 1.165) is 18.0 Å². The second-order valence-corrected chi connectivity index (χ2v) is 7.07. The molecule has 0 unspecified atom stereocenters. The minimum Gasteiger partial charge on any atom is -0.267 e. The van der Waals surface area contributed by atoms with E-state index < -0.39 is 10.1 Å². The van der Waals surface area contributed by atoms with Gasteiger partial charge in [-0.05, 0) is 35.1 Å². The molecule has 1 aliphatic rings. The van der Waals surface area contributed by atoms with Gasteiger partial charge in [0, 0.05) is 24.2 Å². The monoisotopic (exact) mass is 225 g/mol. The van der Waals surface area contributed by atoms with Gasteiger partial charge in [-0.3, -0.25) is 4.21 Å². The fourth-order valence-electron chi connectivity index (χ4n) is 2.13. The van der Waals surface area contributed by atoms with Crippen LogP contribution in [-0.2, 0) is 10.1 Å². The zero-order valence-corrected chi connectivity index (χ0v) is 10.1. The molecule has 1 aromatic carbocycles. The lowest BCUT2D eigenvalue weighted by atomic mass is 10.2. The van der Waals surface area contributed by atoms with Crippen molar-refractivity contribution in [1.82, 2.24) is 4.31 Å². The van der Waals surface area contributed by atoms with E-state index in [0.29, 0.717) is 0 Å². The van der Waals surface area contributed by atoms with Gasteiger partial charge in [0.1, 0.15) is 0 Å². The largest absolute Gasteiger partial charge is 0.267 e. The zero-order chi connectivity index (χ0) is 10.7. The first-order valence-corrected chi connectivity index (χ1v) is 7.70. The molecule has 15 heavy (non-hydrogen) atoms. The predicted molar refractivity (Wildman–Crippen MR) is 65.6 cm³/mol. The first-order chi connectivity index (χ1) is 7.21. The van der Waals surface area contributed by atoms with Crippen LogP contribution in [0.1, 0.15) is 19.3 Å². The Balaban J connectivity index is 2.22. The van der Waals surface area contributed by atoms with E-state index in [2.05, 4.69) is 4.31 Å². The fourth-order valence-corrected chi connectivity index (χ4v) is 4.22. The summed E-state index contributed by atoms with van der Waals surface area (Å²) in [6.07, 6.45) is 5.55. The second kappa shape index (κ2) is 4.45. The van der Waals surface area contributed by atoms with Crippen molar-refractivity contribution >= 4 is 10.1 Å². The summed E-state index contributed by atoms with van der Waals surface area (Å²) in [7, 11) is -2.29. The number of hydrogen-bond acceptors (Lipinski definition) is 1. The van der Waals surface area contributed by atoms with Crippen molar-refractivity contribution in [2.45, 2.75) is 24.2 Å². The first kappa shape index (κ1) is 10.8. The SMILES string of the molecule is C[SH](=O)(c1ccccc1)N1CCCCC1. The molecular formula is C12H19NOS. The molecule has 0 bridgehead atoms. The maximum Gasteiger partial charge on any atom is 0.0270 e. The number of piperidine rings is 1. The van der Waals surface area contributed by atoms with Crippen molar-refractivity contribution in [1.29, 1.82) is 0 Å². The topological polar surface area (TPSA) is 20.3 Å². The molecular weight excluding hydrogens is 206 g/mol. The third-order valence-electron chi connectivity index (χ3n) is 3.11. The molecule has 0 atom stereocenters. The highest BCUT2D eigenvalue weighted by atomic mass is 32.3. The summed E-state index contributed by atoms with van der Waals surface area (Å²) in [5.41, 5.74) is 0. The number of rotatable bonds is 2. The number of nitrogens with zero attached hydrogens (tertiary/aromatic N) is 1. The van der Waals surface area contributed by atoms with Gasteiger partial charge >= 0.3 is 0 Å². The van der Waals surface area contributed by atoms with Gasteiger partial charge in [-0.1, -0.05) is 24.6 Å². The van der Waals surface area contributed by atoms with Crippen molar-refractivity contribution in [2.24, 2.45) is 0 Å². The quantitative estimate of drug-likeness (QED) is 0.764. The Morgan fingerprint density at radius 3 is 2.27 bits per heavy atom. The Labute approximate surface area is 92.9 Å². The molecule has 84 valence electrons. The highest BCUT2D eigenvalue weighted by molar-refractivity contribution is 8.00. The third kappa shape index (κ3) is 2.29. The van der Waals surface area contributed by atoms with E-state index in [1.165, 1.54) is 19.3 Å². The van der Waals surface area contributed by atoms with Gasteiger partial charge in [-0.25, -0.2) is 4.31 Å². The maximum absolute atomic E-state index is 12.7. The van der Waals surface area contributed by atoms with Crippen LogP contribution in [0, 0.1) is 0 Å². The molecule has 1 saturated heterocycles. The standard InChI is InChI=1S/C12H19NOS/c1-15(14,12-8-4-2-5-9-12)13-10-6-3-7-11-13/h2,4-5,8-9,15H,3,6-7,10-11H2,1H3. The summed E-state index contributed by atoms with van der Waals surface area (Å²) >= 11 is 0. The molecule has 2 nitrogen and oxygen atoms in total. The summed E-state index contributed by atoms with van der Waals surface area (Å²) < 4.78 is 14.9. The van der Waals surface area contributed by atoms with E-state index in [4.69, 9.17) is 0 Å². The number of hydrogen-bond donors (Lipinski definition) is 1. The summed E-state index contributed by atoms with van der Waals surface area (Å²) in [5, 5.41) is 0. The zero-order valence-electron chi connectivity index (χ0n) is 9.22. The molecule has 0 aromatic heterocycles. The molecule has 1 aliphatic heterocycles. The highest BCUT2D eigenvalue weighted by Crippen LogP contribution is 2.24. The Hall–Kier alpha value is -0.670. The summed E-state index contributed by atoms with van der Waals surface area (Å²) in [6, 6.07) is 9.87. The van der Waals surface area contributed by atoms with Crippen molar-refractivity contribution in [3.8, 4) is 0 Å². The second-order valence-electron chi connectivity index (χ2n) is 4.23. The molecule has 1 aromatic rings. The summed E-state index contributed by atoms with van der Waals surface area (Å²) in [5.74, 6) is 0. The van der Waals surface area contributed by atoms with Crippen LogP contribution in [0.25, 0.3) is 0 Å². The molecule has 2 rings (SSSR count). The van der Waals surface area contributed by atoms with Gasteiger partial charge < -0.3 is 0 Å². The summed E-state index contributed by atoms with van der Waals surface area (Å²) in [4.78, 5) is 0.993. The normalized spacial score (nSPS) is 20.1. The Morgan fingerprint density at radius 1 is 1.07 bits per heavy atom. The lowest BCUT2D eigenvalue weighted by Crippen LogP contribution is -2.39. The summed E-state index contributed by atoms with van der Waals surface area (Å²) in [6.45, 7) is 1.98. The molecule has 0 aliphatic carbocycles. The minimum atomic E-state index is -2.29. The Bertz CT molecular complexity index is 357. The maximum atomic E-state index is 12.7.